The normalized spacial score (nSPS) is 27.6. The molecule has 0 spiro atoms. The number of pyridine rings is 1. The van der Waals surface area contributed by atoms with Gasteiger partial charge in [-0.15, -0.1) is 0 Å². The largest absolute Gasteiger partial charge is 0.350 e. The number of aryl methyl sites for hydroxylation is 2. The summed E-state index contributed by atoms with van der Waals surface area (Å²) in [5.74, 6) is 2.63. The van der Waals surface area contributed by atoms with Crippen molar-refractivity contribution in [2.45, 2.75) is 52.6 Å². The molecule has 4 heterocycles. The molecule has 2 bridgehead atoms. The molecule has 2 fully saturated rings. The molecule has 5 rings (SSSR count). The fourth-order valence-corrected chi connectivity index (χ4v) is 5.40. The van der Waals surface area contributed by atoms with Gasteiger partial charge in [-0.05, 0) is 49.7 Å². The second kappa shape index (κ2) is 5.57. The summed E-state index contributed by atoms with van der Waals surface area (Å²) in [7, 11) is 0. The summed E-state index contributed by atoms with van der Waals surface area (Å²) < 4.78 is 2.12. The Morgan fingerprint density at radius 3 is 2.50 bits per heavy atom. The van der Waals surface area contributed by atoms with Gasteiger partial charge in [0.1, 0.15) is 5.82 Å². The van der Waals surface area contributed by atoms with Gasteiger partial charge >= 0.3 is 0 Å². The van der Waals surface area contributed by atoms with Crippen LogP contribution in [0.1, 0.15) is 37.8 Å². The van der Waals surface area contributed by atoms with Crippen LogP contribution in [0.25, 0.3) is 16.6 Å². The smallest absolute Gasteiger partial charge is 0.131 e. The first-order chi connectivity index (χ1) is 12.5. The van der Waals surface area contributed by atoms with Crippen LogP contribution < -0.4 is 4.90 Å². The molecule has 4 nitrogen and oxygen atoms in total. The Labute approximate surface area is 154 Å². The maximum atomic E-state index is 5.19. The van der Waals surface area contributed by atoms with Crippen molar-refractivity contribution < 1.29 is 0 Å². The van der Waals surface area contributed by atoms with Gasteiger partial charge in [0.2, 0.25) is 0 Å². The lowest BCUT2D eigenvalue weighted by atomic mass is 9.83. The predicted molar refractivity (Wildman–Crippen MR) is 106 cm³/mol. The second-order valence-corrected chi connectivity index (χ2v) is 8.35. The quantitative estimate of drug-likeness (QED) is 0.677. The number of anilines is 1. The van der Waals surface area contributed by atoms with Gasteiger partial charge in [0.25, 0.3) is 0 Å². The van der Waals surface area contributed by atoms with E-state index in [2.05, 4.69) is 60.3 Å². The first-order valence-electron chi connectivity index (χ1n) is 9.72. The third-order valence-electron chi connectivity index (χ3n) is 6.69. The molecular formula is C22H26N4. The van der Waals surface area contributed by atoms with E-state index in [0.717, 1.165) is 23.2 Å². The highest BCUT2D eigenvalue weighted by atomic mass is 15.3. The molecule has 0 saturated carbocycles. The third kappa shape index (κ3) is 2.14. The van der Waals surface area contributed by atoms with E-state index in [-0.39, 0.29) is 0 Å². The molecule has 2 aliphatic rings. The Bertz CT molecular complexity index is 963. The highest BCUT2D eigenvalue weighted by Crippen LogP contribution is 2.47. The van der Waals surface area contributed by atoms with Gasteiger partial charge in [0, 0.05) is 35.9 Å². The number of rotatable bonds is 2. The van der Waals surface area contributed by atoms with Crippen LogP contribution in [0.5, 0.6) is 0 Å². The van der Waals surface area contributed by atoms with Crippen molar-refractivity contribution in [2.24, 2.45) is 11.8 Å². The molecule has 2 atom stereocenters. The van der Waals surface area contributed by atoms with Gasteiger partial charge in [-0.25, -0.2) is 9.97 Å². The lowest BCUT2D eigenvalue weighted by Crippen LogP contribution is -2.33. The average Bonchev–Trinajstić information content (AvgIpc) is 3.32. The second-order valence-electron chi connectivity index (χ2n) is 8.35. The van der Waals surface area contributed by atoms with Crippen molar-refractivity contribution in [1.82, 2.24) is 14.5 Å². The Morgan fingerprint density at radius 2 is 1.85 bits per heavy atom. The van der Waals surface area contributed by atoms with Crippen molar-refractivity contribution >= 4 is 16.7 Å². The summed E-state index contributed by atoms with van der Waals surface area (Å²) in [6, 6.07) is 7.92. The number of fused-ring (bicyclic) bond motifs is 3. The minimum absolute atomic E-state index is 0.616. The topological polar surface area (TPSA) is 34.0 Å². The van der Waals surface area contributed by atoms with E-state index in [1.807, 2.05) is 18.7 Å². The van der Waals surface area contributed by atoms with E-state index >= 15 is 0 Å². The van der Waals surface area contributed by atoms with Crippen LogP contribution in [-0.4, -0.2) is 26.6 Å². The van der Waals surface area contributed by atoms with Crippen molar-refractivity contribution in [3.05, 3.63) is 48.0 Å². The Kier molecular flexibility index (Phi) is 3.40. The summed E-state index contributed by atoms with van der Waals surface area (Å²) in [4.78, 5) is 12.1. The SMILES string of the molecule is Cc1ccc2c(-n3ccnc3)cc(N3C4CC(C)C3C(C)C4)nc2c1C. The number of aromatic nitrogens is 3. The third-order valence-corrected chi connectivity index (χ3v) is 6.69. The minimum Gasteiger partial charge on any atom is -0.350 e. The van der Waals surface area contributed by atoms with Crippen LogP contribution in [0.15, 0.2) is 36.9 Å². The van der Waals surface area contributed by atoms with Crippen LogP contribution in [0.2, 0.25) is 0 Å². The zero-order valence-electron chi connectivity index (χ0n) is 16.0. The maximum absolute atomic E-state index is 5.19. The maximum Gasteiger partial charge on any atom is 0.131 e. The molecule has 0 amide bonds. The fourth-order valence-electron chi connectivity index (χ4n) is 5.40. The molecule has 2 saturated heterocycles. The number of hydrogen-bond donors (Lipinski definition) is 0. The summed E-state index contributed by atoms with van der Waals surface area (Å²) in [5, 5.41) is 1.20. The molecule has 2 aromatic heterocycles. The molecule has 3 aromatic rings. The molecule has 1 aromatic carbocycles. The Balaban J connectivity index is 1.76. The van der Waals surface area contributed by atoms with E-state index in [0.29, 0.717) is 12.1 Å². The molecule has 26 heavy (non-hydrogen) atoms. The molecule has 2 unspecified atom stereocenters. The van der Waals surface area contributed by atoms with Crippen LogP contribution in [0, 0.1) is 25.7 Å². The van der Waals surface area contributed by atoms with Gasteiger partial charge in [0.15, 0.2) is 0 Å². The zero-order valence-corrected chi connectivity index (χ0v) is 16.0. The molecule has 0 radical (unpaired) electrons. The number of hydrogen-bond acceptors (Lipinski definition) is 3. The summed E-state index contributed by atoms with van der Waals surface area (Å²) in [6.07, 6.45) is 8.34. The molecule has 134 valence electrons. The van der Waals surface area contributed by atoms with E-state index in [4.69, 9.17) is 4.98 Å². The highest BCUT2D eigenvalue weighted by molar-refractivity contribution is 5.92. The Hall–Kier alpha value is -2.36. The van der Waals surface area contributed by atoms with Crippen molar-refractivity contribution in [3.63, 3.8) is 0 Å². The van der Waals surface area contributed by atoms with E-state index in [1.165, 1.54) is 35.0 Å². The van der Waals surface area contributed by atoms with Crippen LogP contribution >= 0.6 is 0 Å². The summed E-state index contributed by atoms with van der Waals surface area (Å²) in [5.41, 5.74) is 4.87. The van der Waals surface area contributed by atoms with Crippen LogP contribution in [0.4, 0.5) is 5.82 Å². The van der Waals surface area contributed by atoms with Gasteiger partial charge < -0.3 is 9.47 Å². The highest BCUT2D eigenvalue weighted by Gasteiger charge is 2.49. The first-order valence-corrected chi connectivity index (χ1v) is 9.72. The monoisotopic (exact) mass is 346 g/mol. The number of imidazole rings is 1. The van der Waals surface area contributed by atoms with E-state index in [9.17, 15) is 0 Å². The molecular weight excluding hydrogens is 320 g/mol. The van der Waals surface area contributed by atoms with E-state index in [1.54, 1.807) is 0 Å². The lowest BCUT2D eigenvalue weighted by Gasteiger charge is -2.28. The predicted octanol–water partition coefficient (Wildman–Crippen LogP) is 4.66. The van der Waals surface area contributed by atoms with E-state index < -0.39 is 0 Å². The fraction of sp³-hybridized carbons (Fsp3) is 0.455. The zero-order chi connectivity index (χ0) is 18.0. The average molecular weight is 346 g/mol. The van der Waals surface area contributed by atoms with Crippen molar-refractivity contribution in [1.29, 1.82) is 0 Å². The van der Waals surface area contributed by atoms with Crippen molar-refractivity contribution in [2.75, 3.05) is 4.90 Å². The standard InChI is InChI=1S/C22H26N4/c1-13-5-6-18-19(25-8-7-23-12-25)11-20(24-21(18)16(13)4)26-17-9-14(2)22(26)15(3)10-17/h5-8,11-12,14-15,17,22H,9-10H2,1-4H3. The van der Waals surface area contributed by atoms with Gasteiger partial charge in [-0.2, -0.15) is 0 Å². The van der Waals surface area contributed by atoms with Crippen LogP contribution in [-0.2, 0) is 0 Å². The van der Waals surface area contributed by atoms with Gasteiger partial charge in [-0.1, -0.05) is 26.0 Å². The summed E-state index contributed by atoms with van der Waals surface area (Å²) in [6.45, 7) is 9.17. The molecule has 0 aliphatic carbocycles. The number of nitrogens with zero attached hydrogens (tertiary/aromatic N) is 4. The molecule has 2 aliphatic heterocycles. The lowest BCUT2D eigenvalue weighted by molar-refractivity contribution is 0.350. The summed E-state index contributed by atoms with van der Waals surface area (Å²) >= 11 is 0. The van der Waals surface area contributed by atoms with Crippen LogP contribution in [0.3, 0.4) is 0 Å². The molecule has 0 N–H and O–H groups in total. The van der Waals surface area contributed by atoms with Gasteiger partial charge in [-0.3, -0.25) is 0 Å². The Morgan fingerprint density at radius 1 is 1.08 bits per heavy atom. The van der Waals surface area contributed by atoms with Crippen molar-refractivity contribution in [3.8, 4) is 5.69 Å². The molecule has 4 heteroatoms. The van der Waals surface area contributed by atoms with Gasteiger partial charge in [0.05, 0.1) is 17.5 Å². The minimum atomic E-state index is 0.616. The first kappa shape index (κ1) is 15.9. The number of benzene rings is 1.